The van der Waals surface area contributed by atoms with Crippen molar-refractivity contribution in [1.29, 1.82) is 0 Å². The summed E-state index contributed by atoms with van der Waals surface area (Å²) in [6.45, 7) is 7.11. The van der Waals surface area contributed by atoms with Gasteiger partial charge in [-0.25, -0.2) is 4.98 Å². The molecule has 0 radical (unpaired) electrons. The largest absolute Gasteiger partial charge is 0.385 e. The molecular weight excluding hydrogens is 502 g/mol. The molecule has 0 bridgehead atoms. The summed E-state index contributed by atoms with van der Waals surface area (Å²) in [7, 11) is 0. The second-order valence-electron chi connectivity index (χ2n) is 9.79. The minimum atomic E-state index is -0.881. The Hall–Kier alpha value is -3.66. The predicted molar refractivity (Wildman–Crippen MR) is 151 cm³/mol. The van der Waals surface area contributed by atoms with Crippen LogP contribution in [-0.2, 0) is 5.60 Å². The first-order valence-electron chi connectivity index (χ1n) is 12.8. The number of aromatic nitrogens is 1. The molecule has 5 N–H and O–H groups in total. The van der Waals surface area contributed by atoms with Gasteiger partial charge in [0.25, 0.3) is 5.91 Å². The molecule has 1 aromatic heterocycles. The first-order chi connectivity index (χ1) is 18.4. The molecular formula is C28H33ClN7O2+. The molecule has 198 valence electrons. The van der Waals surface area contributed by atoms with E-state index in [9.17, 15) is 9.90 Å². The molecule has 9 nitrogen and oxygen atoms in total. The molecule has 2 aromatic carbocycles. The summed E-state index contributed by atoms with van der Waals surface area (Å²) in [4.78, 5) is 20.7. The van der Waals surface area contributed by atoms with Crippen LogP contribution in [0.2, 0.25) is 5.02 Å². The molecule has 0 aliphatic carbocycles. The smallest absolute Gasteiger partial charge is 0.251 e. The lowest BCUT2D eigenvalue weighted by molar-refractivity contribution is -0.454. The Labute approximate surface area is 227 Å². The zero-order valence-electron chi connectivity index (χ0n) is 21.2. The minimum absolute atomic E-state index is 0.0718. The number of pyridine rings is 1. The quantitative estimate of drug-likeness (QED) is 0.171. The van der Waals surface area contributed by atoms with Gasteiger partial charge in [-0.1, -0.05) is 23.7 Å². The maximum Gasteiger partial charge on any atom is 0.251 e. The van der Waals surface area contributed by atoms with E-state index in [1.165, 1.54) is 4.79 Å². The maximum atomic E-state index is 12.5. The fraction of sp³-hybridized carbons (Fsp3) is 0.321. The van der Waals surface area contributed by atoms with Crippen LogP contribution in [0.15, 0.2) is 66.9 Å². The number of nitrogens with one attached hydrogen (secondary N) is 4. The number of benzene rings is 2. The lowest BCUT2D eigenvalue weighted by Gasteiger charge is -2.39. The predicted octanol–water partition coefficient (Wildman–Crippen LogP) is 3.38. The molecule has 2 saturated heterocycles. The third kappa shape index (κ3) is 6.07. The average Bonchev–Trinajstić information content (AvgIpc) is 3.43. The van der Waals surface area contributed by atoms with Crippen LogP contribution in [-0.4, -0.2) is 59.7 Å². The Morgan fingerprint density at radius 1 is 1.11 bits per heavy atom. The SMILES string of the molecule is C=[N+](Nc1ccc(C(=O)NC2CCNC2)cc1)Nc1ncccc1N1CCC(O)(c2ccc(Cl)cc2)CC1. The molecule has 5 rings (SSSR count). The van der Waals surface area contributed by atoms with Crippen LogP contribution in [0, 0.1) is 0 Å². The van der Waals surface area contributed by atoms with Crippen molar-refractivity contribution in [2.24, 2.45) is 0 Å². The van der Waals surface area contributed by atoms with Crippen LogP contribution in [0.4, 0.5) is 17.2 Å². The number of anilines is 3. The van der Waals surface area contributed by atoms with Gasteiger partial charge in [-0.2, -0.15) is 0 Å². The highest BCUT2D eigenvalue weighted by Crippen LogP contribution is 2.36. The number of hydrogen-bond donors (Lipinski definition) is 5. The van der Waals surface area contributed by atoms with Crippen LogP contribution in [0.25, 0.3) is 0 Å². The number of rotatable bonds is 8. The van der Waals surface area contributed by atoms with Gasteiger partial charge in [0, 0.05) is 42.5 Å². The van der Waals surface area contributed by atoms with E-state index in [-0.39, 0.29) is 11.9 Å². The molecule has 2 aliphatic heterocycles. The number of hydrazine groups is 2. The van der Waals surface area contributed by atoms with E-state index >= 15 is 0 Å². The molecule has 10 heteroatoms. The van der Waals surface area contributed by atoms with E-state index in [1.807, 2.05) is 48.5 Å². The van der Waals surface area contributed by atoms with Crippen molar-refractivity contribution in [2.75, 3.05) is 41.9 Å². The van der Waals surface area contributed by atoms with Gasteiger partial charge in [0.05, 0.1) is 17.0 Å². The molecule has 38 heavy (non-hydrogen) atoms. The van der Waals surface area contributed by atoms with Gasteiger partial charge in [0.2, 0.25) is 5.82 Å². The van der Waals surface area contributed by atoms with E-state index < -0.39 is 5.60 Å². The first-order valence-corrected chi connectivity index (χ1v) is 13.2. The molecule has 2 aliphatic rings. The van der Waals surface area contributed by atoms with Gasteiger partial charge in [0.1, 0.15) is 0 Å². The number of hydrazone groups is 2. The molecule has 0 spiro atoms. The standard InChI is InChI=1S/C28H32ClN7O2/c1-35(33-23-10-4-20(5-11-23)27(37)32-24-12-16-30-19-24)34-26-25(3-2-15-31-26)36-17-13-28(38,14-18-36)21-6-8-22(29)9-7-21/h2-11,15,24,30,38H,1,12-14,16-19H2,(H2-,31,32,33,34,37)/p+1. The van der Waals surface area contributed by atoms with E-state index in [4.69, 9.17) is 11.6 Å². The molecule has 1 atom stereocenters. The summed E-state index contributed by atoms with van der Waals surface area (Å²) < 4.78 is 0. The fourth-order valence-electron chi connectivity index (χ4n) is 4.96. The van der Waals surface area contributed by atoms with E-state index in [0.29, 0.717) is 42.3 Å². The number of piperidine rings is 1. The molecule has 3 heterocycles. The highest BCUT2D eigenvalue weighted by Gasteiger charge is 2.35. The van der Waals surface area contributed by atoms with Gasteiger partial charge in [-0.15, -0.1) is 10.9 Å². The van der Waals surface area contributed by atoms with Crippen molar-refractivity contribution in [2.45, 2.75) is 30.9 Å². The summed E-state index contributed by atoms with van der Waals surface area (Å²) in [5.41, 5.74) is 8.67. The number of halogens is 1. The number of nitrogens with zero attached hydrogens (tertiary/aromatic N) is 3. The summed E-state index contributed by atoms with van der Waals surface area (Å²) in [5.74, 6) is 0.575. The zero-order chi connectivity index (χ0) is 26.5. The average molecular weight is 535 g/mol. The van der Waals surface area contributed by atoms with Gasteiger partial charge in [-0.05, 0) is 84.7 Å². The van der Waals surface area contributed by atoms with Crippen LogP contribution in [0.3, 0.4) is 0 Å². The third-order valence-corrected chi connectivity index (χ3v) is 7.40. The highest BCUT2D eigenvalue weighted by atomic mass is 35.5. The second-order valence-corrected chi connectivity index (χ2v) is 10.2. The van der Waals surface area contributed by atoms with E-state index in [0.717, 1.165) is 36.4 Å². The zero-order valence-corrected chi connectivity index (χ0v) is 21.9. The Morgan fingerprint density at radius 2 is 1.84 bits per heavy atom. The first kappa shape index (κ1) is 26.0. The number of hydrogen-bond acceptors (Lipinski definition) is 7. The van der Waals surface area contributed by atoms with Crippen LogP contribution >= 0.6 is 11.6 Å². The topological polar surface area (TPSA) is 105 Å². The van der Waals surface area contributed by atoms with Gasteiger partial charge in [-0.3, -0.25) is 4.79 Å². The number of carbonyl (C=O) groups is 1. The van der Waals surface area contributed by atoms with Crippen molar-refractivity contribution >= 4 is 41.4 Å². The van der Waals surface area contributed by atoms with Crippen LogP contribution in [0.5, 0.6) is 0 Å². The molecule has 1 unspecified atom stereocenters. The van der Waals surface area contributed by atoms with Crippen molar-refractivity contribution < 1.29 is 14.7 Å². The van der Waals surface area contributed by atoms with Crippen molar-refractivity contribution in [3.63, 3.8) is 0 Å². The Morgan fingerprint density at radius 3 is 2.53 bits per heavy atom. The van der Waals surface area contributed by atoms with Crippen molar-refractivity contribution in [3.05, 3.63) is 83.0 Å². The lowest BCUT2D eigenvalue weighted by Crippen LogP contribution is -2.43. The van der Waals surface area contributed by atoms with Crippen molar-refractivity contribution in [3.8, 4) is 0 Å². The van der Waals surface area contributed by atoms with Gasteiger partial charge >= 0.3 is 0 Å². The van der Waals surface area contributed by atoms with E-state index in [2.05, 4.69) is 38.1 Å². The highest BCUT2D eigenvalue weighted by molar-refractivity contribution is 6.30. The summed E-state index contributed by atoms with van der Waals surface area (Å²) in [6.07, 6.45) is 3.85. The Kier molecular flexibility index (Phi) is 7.78. The monoisotopic (exact) mass is 534 g/mol. The van der Waals surface area contributed by atoms with Gasteiger partial charge < -0.3 is 20.6 Å². The number of aliphatic hydroxyl groups is 1. The molecule has 3 aromatic rings. The molecule has 2 fully saturated rings. The summed E-state index contributed by atoms with van der Waals surface area (Å²) >= 11 is 6.02. The van der Waals surface area contributed by atoms with Crippen LogP contribution < -0.4 is 26.4 Å². The summed E-state index contributed by atoms with van der Waals surface area (Å²) in [6, 6.07) is 18.8. The second kappa shape index (κ2) is 11.4. The fourth-order valence-corrected chi connectivity index (χ4v) is 5.08. The maximum absolute atomic E-state index is 12.5. The van der Waals surface area contributed by atoms with E-state index in [1.54, 1.807) is 18.3 Å². The minimum Gasteiger partial charge on any atom is -0.385 e. The Bertz CT molecular complexity index is 1270. The summed E-state index contributed by atoms with van der Waals surface area (Å²) in [5, 5.41) is 18.2. The molecule has 1 amide bonds. The van der Waals surface area contributed by atoms with Crippen molar-refractivity contribution in [1.82, 2.24) is 15.6 Å². The third-order valence-electron chi connectivity index (χ3n) is 7.15. The Balaban J connectivity index is 1.18. The molecule has 0 saturated carbocycles. The van der Waals surface area contributed by atoms with Crippen LogP contribution in [0.1, 0.15) is 35.2 Å². The number of carbonyl (C=O) groups excluding carboxylic acids is 1. The normalized spacial score (nSPS) is 18.6. The number of amides is 1. The van der Waals surface area contributed by atoms with Gasteiger partial charge in [0.15, 0.2) is 6.72 Å². The lowest BCUT2D eigenvalue weighted by atomic mass is 9.84.